The van der Waals surface area contributed by atoms with Gasteiger partial charge in [0.2, 0.25) is 12.3 Å². The highest BCUT2D eigenvalue weighted by Gasteiger charge is 2.26. The van der Waals surface area contributed by atoms with E-state index in [0.717, 1.165) is 53.1 Å². The standard InChI is InChI=1S/C19H16FN5OS/c20-14-3-1-12(2-4-14)15-9-27-19-16(15)17(21-10-22-19)25-7-5-13(6-8-25)18-24-23-11-26-18/h1-4,9-11,13H,5-8H2. The third-order valence-electron chi connectivity index (χ3n) is 5.03. The minimum Gasteiger partial charge on any atom is -0.428 e. The molecule has 0 amide bonds. The number of nitrogens with zero attached hydrogens (tertiary/aromatic N) is 5. The second-order valence-corrected chi connectivity index (χ2v) is 7.43. The van der Waals surface area contributed by atoms with Gasteiger partial charge in [0.1, 0.15) is 22.8 Å². The molecule has 1 aliphatic heterocycles. The van der Waals surface area contributed by atoms with Gasteiger partial charge in [-0.05, 0) is 30.5 Å². The lowest BCUT2D eigenvalue weighted by Gasteiger charge is -2.31. The molecular weight excluding hydrogens is 365 g/mol. The summed E-state index contributed by atoms with van der Waals surface area (Å²) in [7, 11) is 0. The summed E-state index contributed by atoms with van der Waals surface area (Å²) in [5.74, 6) is 1.70. The Balaban J connectivity index is 1.49. The van der Waals surface area contributed by atoms with Crippen molar-refractivity contribution >= 4 is 27.4 Å². The minimum absolute atomic E-state index is 0.238. The summed E-state index contributed by atoms with van der Waals surface area (Å²) < 4.78 is 18.7. The maximum atomic E-state index is 13.3. The Morgan fingerprint density at radius 1 is 1.11 bits per heavy atom. The zero-order chi connectivity index (χ0) is 18.2. The fourth-order valence-electron chi connectivity index (χ4n) is 3.64. The van der Waals surface area contributed by atoms with E-state index in [2.05, 4.69) is 30.4 Å². The average molecular weight is 381 g/mol. The van der Waals surface area contributed by atoms with Crippen molar-refractivity contribution in [1.82, 2.24) is 20.2 Å². The van der Waals surface area contributed by atoms with Crippen LogP contribution in [0.3, 0.4) is 0 Å². The summed E-state index contributed by atoms with van der Waals surface area (Å²) in [6, 6.07) is 6.57. The number of anilines is 1. The minimum atomic E-state index is -0.238. The predicted molar refractivity (Wildman–Crippen MR) is 101 cm³/mol. The Hall–Kier alpha value is -2.87. The molecule has 1 saturated heterocycles. The lowest BCUT2D eigenvalue weighted by atomic mass is 9.96. The smallest absolute Gasteiger partial charge is 0.219 e. The maximum absolute atomic E-state index is 13.3. The van der Waals surface area contributed by atoms with Crippen LogP contribution in [0.4, 0.5) is 10.2 Å². The molecule has 0 bridgehead atoms. The molecule has 0 radical (unpaired) electrons. The summed E-state index contributed by atoms with van der Waals surface area (Å²) >= 11 is 1.58. The molecule has 3 aromatic heterocycles. The number of aromatic nitrogens is 4. The number of rotatable bonds is 3. The predicted octanol–water partition coefficient (Wildman–Crippen LogP) is 4.26. The Bertz CT molecular complexity index is 1060. The molecule has 0 saturated carbocycles. The first-order valence-electron chi connectivity index (χ1n) is 8.79. The highest BCUT2D eigenvalue weighted by atomic mass is 32.1. The molecule has 0 unspecified atom stereocenters. The van der Waals surface area contributed by atoms with Gasteiger partial charge in [-0.3, -0.25) is 0 Å². The fraction of sp³-hybridized carbons (Fsp3) is 0.263. The van der Waals surface area contributed by atoms with Gasteiger partial charge in [0, 0.05) is 30.0 Å². The van der Waals surface area contributed by atoms with E-state index in [1.54, 1.807) is 29.8 Å². The summed E-state index contributed by atoms with van der Waals surface area (Å²) in [5, 5.41) is 10.9. The number of hydrogen-bond donors (Lipinski definition) is 0. The molecule has 5 rings (SSSR count). The summed E-state index contributed by atoms with van der Waals surface area (Å²) in [5.41, 5.74) is 2.02. The second kappa shape index (κ2) is 6.70. The van der Waals surface area contributed by atoms with Crippen molar-refractivity contribution in [2.24, 2.45) is 0 Å². The van der Waals surface area contributed by atoms with Gasteiger partial charge in [0.05, 0.1) is 5.39 Å². The molecule has 0 aliphatic carbocycles. The highest BCUT2D eigenvalue weighted by molar-refractivity contribution is 7.17. The molecule has 0 N–H and O–H groups in total. The molecule has 6 nitrogen and oxygen atoms in total. The lowest BCUT2D eigenvalue weighted by Crippen LogP contribution is -2.33. The first kappa shape index (κ1) is 16.3. The van der Waals surface area contributed by atoms with Crippen molar-refractivity contribution in [3.05, 3.63) is 54.1 Å². The van der Waals surface area contributed by atoms with Crippen LogP contribution in [0.1, 0.15) is 24.7 Å². The van der Waals surface area contributed by atoms with Gasteiger partial charge in [-0.2, -0.15) is 0 Å². The van der Waals surface area contributed by atoms with Crippen molar-refractivity contribution in [2.45, 2.75) is 18.8 Å². The molecule has 1 fully saturated rings. The van der Waals surface area contributed by atoms with Crippen LogP contribution in [0, 0.1) is 5.82 Å². The van der Waals surface area contributed by atoms with Crippen LogP contribution in [-0.2, 0) is 0 Å². The first-order chi connectivity index (χ1) is 13.3. The number of fused-ring (bicyclic) bond motifs is 1. The summed E-state index contributed by atoms with van der Waals surface area (Å²) in [6.07, 6.45) is 4.87. The van der Waals surface area contributed by atoms with Crippen LogP contribution in [0.15, 0.2) is 46.8 Å². The Morgan fingerprint density at radius 2 is 1.93 bits per heavy atom. The molecule has 8 heteroatoms. The molecule has 4 heterocycles. The van der Waals surface area contributed by atoms with Gasteiger partial charge in [0.15, 0.2) is 0 Å². The van der Waals surface area contributed by atoms with Crippen LogP contribution in [0.2, 0.25) is 0 Å². The highest BCUT2D eigenvalue weighted by Crippen LogP contribution is 2.39. The number of hydrogen-bond acceptors (Lipinski definition) is 7. The van der Waals surface area contributed by atoms with Crippen molar-refractivity contribution in [1.29, 1.82) is 0 Å². The Kier molecular flexibility index (Phi) is 4.05. The van der Waals surface area contributed by atoms with Gasteiger partial charge >= 0.3 is 0 Å². The number of piperidine rings is 1. The van der Waals surface area contributed by atoms with E-state index >= 15 is 0 Å². The Labute approximate surface area is 158 Å². The molecule has 0 atom stereocenters. The van der Waals surface area contributed by atoms with Crippen LogP contribution in [-0.4, -0.2) is 33.3 Å². The molecule has 1 aromatic carbocycles. The third-order valence-corrected chi connectivity index (χ3v) is 5.91. The van der Waals surface area contributed by atoms with E-state index in [4.69, 9.17) is 4.42 Å². The third kappa shape index (κ3) is 2.95. The SMILES string of the molecule is Fc1ccc(-c2csc3ncnc(N4CCC(c5nnco5)CC4)c23)cc1. The molecule has 0 spiro atoms. The van der Waals surface area contributed by atoms with E-state index in [1.807, 2.05) is 0 Å². The average Bonchev–Trinajstić information content (AvgIpc) is 3.39. The summed E-state index contributed by atoms with van der Waals surface area (Å²) in [4.78, 5) is 12.3. The molecular formula is C19H16FN5OS. The zero-order valence-corrected chi connectivity index (χ0v) is 15.2. The van der Waals surface area contributed by atoms with Crippen LogP contribution < -0.4 is 4.90 Å². The Morgan fingerprint density at radius 3 is 2.67 bits per heavy atom. The van der Waals surface area contributed by atoms with Crippen LogP contribution in [0.5, 0.6) is 0 Å². The quantitative estimate of drug-likeness (QED) is 0.528. The van der Waals surface area contributed by atoms with E-state index < -0.39 is 0 Å². The van der Waals surface area contributed by atoms with E-state index in [9.17, 15) is 4.39 Å². The molecule has 1 aliphatic rings. The van der Waals surface area contributed by atoms with E-state index in [1.165, 1.54) is 18.5 Å². The van der Waals surface area contributed by atoms with Crippen molar-refractivity contribution in [3.8, 4) is 11.1 Å². The van der Waals surface area contributed by atoms with Gasteiger partial charge < -0.3 is 9.32 Å². The van der Waals surface area contributed by atoms with Crippen LogP contribution >= 0.6 is 11.3 Å². The molecule has 4 aromatic rings. The van der Waals surface area contributed by atoms with Crippen LogP contribution in [0.25, 0.3) is 21.3 Å². The van der Waals surface area contributed by atoms with Crippen molar-refractivity contribution in [2.75, 3.05) is 18.0 Å². The lowest BCUT2D eigenvalue weighted by molar-refractivity contribution is 0.393. The number of halogens is 1. The first-order valence-corrected chi connectivity index (χ1v) is 9.66. The van der Waals surface area contributed by atoms with E-state index in [-0.39, 0.29) is 5.82 Å². The normalized spacial score (nSPS) is 15.5. The topological polar surface area (TPSA) is 67.9 Å². The second-order valence-electron chi connectivity index (χ2n) is 6.57. The van der Waals surface area contributed by atoms with Crippen molar-refractivity contribution in [3.63, 3.8) is 0 Å². The van der Waals surface area contributed by atoms with E-state index in [0.29, 0.717) is 11.8 Å². The molecule has 27 heavy (non-hydrogen) atoms. The maximum Gasteiger partial charge on any atom is 0.219 e. The van der Waals surface area contributed by atoms with Gasteiger partial charge in [-0.25, -0.2) is 14.4 Å². The summed E-state index contributed by atoms with van der Waals surface area (Å²) in [6.45, 7) is 1.72. The molecule has 136 valence electrons. The number of thiophene rings is 1. The van der Waals surface area contributed by atoms with Gasteiger partial charge in [-0.15, -0.1) is 21.5 Å². The zero-order valence-electron chi connectivity index (χ0n) is 14.4. The van der Waals surface area contributed by atoms with Gasteiger partial charge in [0.25, 0.3) is 0 Å². The van der Waals surface area contributed by atoms with Gasteiger partial charge in [-0.1, -0.05) is 12.1 Å². The van der Waals surface area contributed by atoms with Crippen molar-refractivity contribution < 1.29 is 8.81 Å². The monoisotopic (exact) mass is 381 g/mol. The largest absolute Gasteiger partial charge is 0.428 e. The number of benzene rings is 1. The fourth-order valence-corrected chi connectivity index (χ4v) is 4.55.